The van der Waals surface area contributed by atoms with E-state index in [0.717, 1.165) is 6.42 Å². The van der Waals surface area contributed by atoms with Gasteiger partial charge in [-0.3, -0.25) is 4.79 Å². The molecule has 0 aliphatic carbocycles. The number of hydrogen-bond donors (Lipinski definition) is 1. The summed E-state index contributed by atoms with van der Waals surface area (Å²) in [6.07, 6.45) is 0.881. The molecule has 0 bridgehead atoms. The van der Waals surface area contributed by atoms with Crippen LogP contribution in [0.3, 0.4) is 0 Å². The van der Waals surface area contributed by atoms with Gasteiger partial charge in [0.15, 0.2) is 0 Å². The minimum Gasteiger partial charge on any atom is -0.350 e. The predicted molar refractivity (Wildman–Crippen MR) is 58.4 cm³/mol. The van der Waals surface area contributed by atoms with Crippen molar-refractivity contribution >= 4 is 5.91 Å². The van der Waals surface area contributed by atoms with Gasteiger partial charge >= 0.3 is 0 Å². The number of hydrogen-bond acceptors (Lipinski definition) is 1. The number of carbonyl (C=O) groups excluding carboxylic acids is 1. The lowest BCUT2D eigenvalue weighted by Gasteiger charge is -2.12. The van der Waals surface area contributed by atoms with Gasteiger partial charge in [0.05, 0.1) is 0 Å². The van der Waals surface area contributed by atoms with Gasteiger partial charge in [0.2, 0.25) is 0 Å². The Balaban J connectivity index is 2.82. The Morgan fingerprint density at radius 2 is 2.20 bits per heavy atom. The van der Waals surface area contributed by atoms with Crippen molar-refractivity contribution in [2.75, 3.05) is 0 Å². The predicted octanol–water partition coefficient (Wildman–Crippen LogP) is 2.66. The molecule has 1 aromatic rings. The highest BCUT2D eigenvalue weighted by Crippen LogP contribution is 2.10. The number of amides is 1. The zero-order chi connectivity index (χ0) is 11.4. The fourth-order valence-electron chi connectivity index (χ4n) is 1.29. The van der Waals surface area contributed by atoms with Crippen LogP contribution >= 0.6 is 0 Å². The number of benzene rings is 1. The van der Waals surface area contributed by atoms with Crippen LogP contribution in [0.4, 0.5) is 4.39 Å². The third-order valence-corrected chi connectivity index (χ3v) is 2.42. The van der Waals surface area contributed by atoms with Crippen molar-refractivity contribution in [3.8, 4) is 0 Å². The fraction of sp³-hybridized carbons (Fsp3) is 0.417. The van der Waals surface area contributed by atoms with Crippen molar-refractivity contribution in [1.29, 1.82) is 0 Å². The SMILES string of the molecule is CCC(C)NC(=O)c1ccc(F)cc1C. The molecule has 2 nitrogen and oxygen atoms in total. The number of halogens is 1. The van der Waals surface area contributed by atoms with Crippen LogP contribution in [0, 0.1) is 12.7 Å². The van der Waals surface area contributed by atoms with E-state index in [2.05, 4.69) is 5.32 Å². The summed E-state index contributed by atoms with van der Waals surface area (Å²) in [4.78, 5) is 11.7. The summed E-state index contributed by atoms with van der Waals surface area (Å²) in [6, 6.07) is 4.33. The number of aryl methyl sites for hydroxylation is 1. The molecule has 1 amide bonds. The molecule has 0 fully saturated rings. The largest absolute Gasteiger partial charge is 0.350 e. The zero-order valence-electron chi connectivity index (χ0n) is 9.30. The molecular formula is C12H16FNO. The van der Waals surface area contributed by atoms with E-state index in [-0.39, 0.29) is 17.8 Å². The Hall–Kier alpha value is -1.38. The van der Waals surface area contributed by atoms with E-state index in [1.807, 2.05) is 13.8 Å². The highest BCUT2D eigenvalue weighted by atomic mass is 19.1. The normalized spacial score (nSPS) is 12.3. The average molecular weight is 209 g/mol. The van der Waals surface area contributed by atoms with Gasteiger partial charge in [0.25, 0.3) is 5.91 Å². The lowest BCUT2D eigenvalue weighted by atomic mass is 10.1. The second kappa shape index (κ2) is 4.91. The van der Waals surface area contributed by atoms with Crippen LogP contribution in [-0.4, -0.2) is 11.9 Å². The molecule has 0 aromatic heterocycles. The van der Waals surface area contributed by atoms with Gasteiger partial charge in [-0.15, -0.1) is 0 Å². The molecule has 0 spiro atoms. The summed E-state index contributed by atoms with van der Waals surface area (Å²) < 4.78 is 12.8. The van der Waals surface area contributed by atoms with Crippen molar-refractivity contribution in [2.24, 2.45) is 0 Å². The number of nitrogens with one attached hydrogen (secondary N) is 1. The van der Waals surface area contributed by atoms with E-state index < -0.39 is 0 Å². The molecule has 0 aliphatic heterocycles. The highest BCUT2D eigenvalue weighted by molar-refractivity contribution is 5.95. The van der Waals surface area contributed by atoms with Crippen LogP contribution in [0.2, 0.25) is 0 Å². The molecular weight excluding hydrogens is 193 g/mol. The number of carbonyl (C=O) groups is 1. The molecule has 82 valence electrons. The van der Waals surface area contributed by atoms with Gasteiger partial charge < -0.3 is 5.32 Å². The fourth-order valence-corrected chi connectivity index (χ4v) is 1.29. The molecule has 0 saturated carbocycles. The minimum atomic E-state index is -0.312. The summed E-state index contributed by atoms with van der Waals surface area (Å²) in [5.41, 5.74) is 1.20. The molecule has 0 aliphatic rings. The first-order chi connectivity index (χ1) is 7.04. The Morgan fingerprint density at radius 1 is 1.53 bits per heavy atom. The van der Waals surface area contributed by atoms with E-state index in [4.69, 9.17) is 0 Å². The van der Waals surface area contributed by atoms with Crippen molar-refractivity contribution < 1.29 is 9.18 Å². The third kappa shape index (κ3) is 3.05. The van der Waals surface area contributed by atoms with Crippen LogP contribution in [0.15, 0.2) is 18.2 Å². The quantitative estimate of drug-likeness (QED) is 0.814. The van der Waals surface area contributed by atoms with Crippen LogP contribution in [0.25, 0.3) is 0 Å². The second-order valence-corrected chi connectivity index (χ2v) is 3.74. The van der Waals surface area contributed by atoms with Gasteiger partial charge in [-0.2, -0.15) is 0 Å². The van der Waals surface area contributed by atoms with Crippen LogP contribution < -0.4 is 5.32 Å². The maximum atomic E-state index is 12.8. The van der Waals surface area contributed by atoms with Gasteiger partial charge in [-0.1, -0.05) is 6.92 Å². The van der Waals surface area contributed by atoms with E-state index in [1.165, 1.54) is 18.2 Å². The second-order valence-electron chi connectivity index (χ2n) is 3.74. The standard InChI is InChI=1S/C12H16FNO/c1-4-9(3)14-12(15)11-6-5-10(13)7-8(11)2/h5-7,9H,4H2,1-3H3,(H,14,15). The van der Waals surface area contributed by atoms with Crippen molar-refractivity contribution in [2.45, 2.75) is 33.2 Å². The van der Waals surface area contributed by atoms with Crippen LogP contribution in [-0.2, 0) is 0 Å². The first-order valence-electron chi connectivity index (χ1n) is 5.11. The lowest BCUT2D eigenvalue weighted by molar-refractivity contribution is 0.0938. The molecule has 3 heteroatoms. The minimum absolute atomic E-state index is 0.137. The Labute approximate surface area is 89.5 Å². The summed E-state index contributed by atoms with van der Waals surface area (Å²) in [5.74, 6) is -0.450. The summed E-state index contributed by atoms with van der Waals surface area (Å²) >= 11 is 0. The molecule has 1 aromatic carbocycles. The zero-order valence-corrected chi connectivity index (χ0v) is 9.30. The van der Waals surface area contributed by atoms with Crippen molar-refractivity contribution in [1.82, 2.24) is 5.32 Å². The van der Waals surface area contributed by atoms with Crippen LogP contribution in [0.1, 0.15) is 36.2 Å². The monoisotopic (exact) mass is 209 g/mol. The molecule has 1 N–H and O–H groups in total. The van der Waals surface area contributed by atoms with E-state index in [0.29, 0.717) is 11.1 Å². The Bertz CT molecular complexity index is 363. The van der Waals surface area contributed by atoms with E-state index in [9.17, 15) is 9.18 Å². The lowest BCUT2D eigenvalue weighted by Crippen LogP contribution is -2.32. The van der Waals surface area contributed by atoms with Crippen molar-refractivity contribution in [3.05, 3.63) is 35.1 Å². The maximum absolute atomic E-state index is 12.8. The molecule has 15 heavy (non-hydrogen) atoms. The van der Waals surface area contributed by atoms with Gasteiger partial charge in [-0.25, -0.2) is 4.39 Å². The maximum Gasteiger partial charge on any atom is 0.251 e. The summed E-state index contributed by atoms with van der Waals surface area (Å²) in [7, 11) is 0. The van der Waals surface area contributed by atoms with Gasteiger partial charge in [-0.05, 0) is 44.0 Å². The Kier molecular flexibility index (Phi) is 3.83. The molecule has 0 heterocycles. The third-order valence-electron chi connectivity index (χ3n) is 2.42. The van der Waals surface area contributed by atoms with Crippen LogP contribution in [0.5, 0.6) is 0 Å². The molecule has 1 atom stereocenters. The first-order valence-corrected chi connectivity index (χ1v) is 5.11. The van der Waals surface area contributed by atoms with Gasteiger partial charge in [0, 0.05) is 11.6 Å². The summed E-state index contributed by atoms with van der Waals surface area (Å²) in [5, 5.41) is 2.84. The number of rotatable bonds is 3. The first kappa shape index (κ1) is 11.7. The smallest absolute Gasteiger partial charge is 0.251 e. The molecule has 1 unspecified atom stereocenters. The van der Waals surface area contributed by atoms with Gasteiger partial charge in [0.1, 0.15) is 5.82 Å². The molecule has 0 saturated heterocycles. The molecule has 0 radical (unpaired) electrons. The van der Waals surface area contributed by atoms with E-state index in [1.54, 1.807) is 6.92 Å². The topological polar surface area (TPSA) is 29.1 Å². The average Bonchev–Trinajstić information content (AvgIpc) is 2.17. The summed E-state index contributed by atoms with van der Waals surface area (Å²) in [6.45, 7) is 5.67. The molecule has 1 rings (SSSR count). The highest BCUT2D eigenvalue weighted by Gasteiger charge is 2.11. The Morgan fingerprint density at radius 3 is 2.73 bits per heavy atom. The van der Waals surface area contributed by atoms with E-state index >= 15 is 0 Å². The van der Waals surface area contributed by atoms with Crippen molar-refractivity contribution in [3.63, 3.8) is 0 Å².